The highest BCUT2D eigenvalue weighted by Gasteiger charge is 2.57. The smallest absolute Gasteiger partial charge is 0.276 e. The standard InChI is InChI=1S/C14H10FN3O3/c15-9-6-8(7-16)2-3-10(9)18-12(20)14(4-1-5-14)11(19)17-13(18)21/h2-3,6H,1,4-5H2,(H,17,19,21). The van der Waals surface area contributed by atoms with Gasteiger partial charge in [0.05, 0.1) is 17.3 Å². The van der Waals surface area contributed by atoms with Crippen LogP contribution in [-0.2, 0) is 9.59 Å². The summed E-state index contributed by atoms with van der Waals surface area (Å²) in [7, 11) is 0. The van der Waals surface area contributed by atoms with Crippen molar-refractivity contribution >= 4 is 23.5 Å². The molecule has 1 aromatic carbocycles. The SMILES string of the molecule is N#Cc1ccc(N2C(=O)NC(=O)C3(CCC3)C2=O)c(F)c1. The monoisotopic (exact) mass is 287 g/mol. The van der Waals surface area contributed by atoms with E-state index in [0.29, 0.717) is 24.2 Å². The minimum absolute atomic E-state index is 0.0792. The summed E-state index contributed by atoms with van der Waals surface area (Å²) in [6.45, 7) is 0. The number of benzene rings is 1. The number of nitrogens with zero attached hydrogens (tertiary/aromatic N) is 2. The topological polar surface area (TPSA) is 90.3 Å². The van der Waals surface area contributed by atoms with Crippen LogP contribution >= 0.6 is 0 Å². The number of rotatable bonds is 1. The van der Waals surface area contributed by atoms with Crippen LogP contribution in [0.2, 0.25) is 0 Å². The molecule has 1 saturated carbocycles. The van der Waals surface area contributed by atoms with Gasteiger partial charge in [-0.05, 0) is 31.0 Å². The molecule has 0 bridgehead atoms. The van der Waals surface area contributed by atoms with E-state index >= 15 is 0 Å². The highest BCUT2D eigenvalue weighted by Crippen LogP contribution is 2.45. The van der Waals surface area contributed by atoms with Gasteiger partial charge in [-0.3, -0.25) is 14.9 Å². The molecule has 1 spiro atoms. The molecule has 1 heterocycles. The summed E-state index contributed by atoms with van der Waals surface area (Å²) >= 11 is 0. The van der Waals surface area contributed by atoms with Crippen LogP contribution in [0.5, 0.6) is 0 Å². The first-order valence-corrected chi connectivity index (χ1v) is 6.39. The van der Waals surface area contributed by atoms with Gasteiger partial charge < -0.3 is 0 Å². The van der Waals surface area contributed by atoms with Crippen molar-refractivity contribution in [2.45, 2.75) is 19.3 Å². The molecule has 0 unspecified atom stereocenters. The second-order valence-electron chi connectivity index (χ2n) is 5.11. The largest absolute Gasteiger partial charge is 0.335 e. The van der Waals surface area contributed by atoms with Gasteiger partial charge >= 0.3 is 6.03 Å². The molecule has 3 rings (SSSR count). The third-order valence-corrected chi connectivity index (χ3v) is 4.00. The first kappa shape index (κ1) is 13.2. The molecule has 7 heteroatoms. The highest BCUT2D eigenvalue weighted by molar-refractivity contribution is 6.30. The zero-order valence-electron chi connectivity index (χ0n) is 10.9. The zero-order valence-corrected chi connectivity index (χ0v) is 10.9. The summed E-state index contributed by atoms with van der Waals surface area (Å²) in [5, 5.41) is 10.8. The van der Waals surface area contributed by atoms with Gasteiger partial charge in [0, 0.05) is 0 Å². The molecule has 1 N–H and O–H groups in total. The van der Waals surface area contributed by atoms with E-state index in [-0.39, 0.29) is 11.3 Å². The molecule has 106 valence electrons. The van der Waals surface area contributed by atoms with E-state index in [2.05, 4.69) is 5.32 Å². The molecular weight excluding hydrogens is 277 g/mol. The first-order chi connectivity index (χ1) is 9.99. The number of barbiturate groups is 1. The molecule has 1 aromatic rings. The lowest BCUT2D eigenvalue weighted by molar-refractivity contribution is -0.148. The van der Waals surface area contributed by atoms with E-state index < -0.39 is 29.1 Å². The van der Waals surface area contributed by atoms with Crippen LogP contribution in [0.4, 0.5) is 14.9 Å². The van der Waals surface area contributed by atoms with Crippen molar-refractivity contribution in [2.75, 3.05) is 4.90 Å². The Bertz CT molecular complexity index is 719. The fourth-order valence-electron chi connectivity index (χ4n) is 2.62. The predicted octanol–water partition coefficient (Wildman–Crippen LogP) is 1.45. The number of nitrogens with one attached hydrogen (secondary N) is 1. The van der Waals surface area contributed by atoms with Crippen LogP contribution in [0.1, 0.15) is 24.8 Å². The van der Waals surface area contributed by atoms with Crippen LogP contribution in [0, 0.1) is 22.6 Å². The molecule has 1 aliphatic heterocycles. The summed E-state index contributed by atoms with van der Waals surface area (Å²) in [4.78, 5) is 36.9. The number of amides is 4. The van der Waals surface area contributed by atoms with E-state index in [9.17, 15) is 18.8 Å². The first-order valence-electron chi connectivity index (χ1n) is 6.39. The van der Waals surface area contributed by atoms with Crippen LogP contribution in [0.25, 0.3) is 0 Å². The van der Waals surface area contributed by atoms with Crippen molar-refractivity contribution in [3.05, 3.63) is 29.6 Å². The maximum absolute atomic E-state index is 14.0. The summed E-state index contributed by atoms with van der Waals surface area (Å²) in [6, 6.07) is 4.24. The minimum atomic E-state index is -1.26. The number of imide groups is 2. The average molecular weight is 287 g/mol. The van der Waals surface area contributed by atoms with Gasteiger partial charge in [-0.15, -0.1) is 0 Å². The van der Waals surface area contributed by atoms with Crippen LogP contribution in [-0.4, -0.2) is 17.8 Å². The Morgan fingerprint density at radius 3 is 2.52 bits per heavy atom. The minimum Gasteiger partial charge on any atom is -0.276 e. The van der Waals surface area contributed by atoms with Gasteiger partial charge in [0.25, 0.3) is 5.91 Å². The number of nitriles is 1. The molecule has 0 radical (unpaired) electrons. The Kier molecular flexibility index (Phi) is 2.76. The van der Waals surface area contributed by atoms with Crippen molar-refractivity contribution in [2.24, 2.45) is 5.41 Å². The van der Waals surface area contributed by atoms with E-state index in [4.69, 9.17) is 5.26 Å². The molecule has 1 saturated heterocycles. The Balaban J connectivity index is 2.05. The van der Waals surface area contributed by atoms with Crippen LogP contribution in [0.3, 0.4) is 0 Å². The second-order valence-corrected chi connectivity index (χ2v) is 5.11. The van der Waals surface area contributed by atoms with Crippen molar-refractivity contribution in [1.29, 1.82) is 5.26 Å². The number of carbonyl (C=O) groups is 3. The van der Waals surface area contributed by atoms with Gasteiger partial charge in [0.15, 0.2) is 0 Å². The average Bonchev–Trinajstić information content (AvgIpc) is 2.38. The van der Waals surface area contributed by atoms with E-state index in [1.807, 2.05) is 0 Å². The summed E-state index contributed by atoms with van der Waals surface area (Å²) in [5.74, 6) is -2.18. The quantitative estimate of drug-likeness (QED) is 0.791. The lowest BCUT2D eigenvalue weighted by Gasteiger charge is -2.44. The molecule has 6 nitrogen and oxygen atoms in total. The van der Waals surface area contributed by atoms with E-state index in [1.54, 1.807) is 6.07 Å². The maximum atomic E-state index is 14.0. The fraction of sp³-hybridized carbons (Fsp3) is 0.286. The number of halogens is 1. The van der Waals surface area contributed by atoms with Gasteiger partial charge in [-0.25, -0.2) is 14.1 Å². The Labute approximate surface area is 119 Å². The lowest BCUT2D eigenvalue weighted by atomic mass is 9.66. The second kappa shape index (κ2) is 4.38. The third kappa shape index (κ3) is 1.72. The summed E-state index contributed by atoms with van der Waals surface area (Å²) in [5.41, 5.74) is -1.43. The van der Waals surface area contributed by atoms with Gasteiger partial charge in [-0.2, -0.15) is 5.26 Å². The number of carbonyl (C=O) groups excluding carboxylic acids is 3. The summed E-state index contributed by atoms with van der Waals surface area (Å²) < 4.78 is 14.0. The van der Waals surface area contributed by atoms with Crippen LogP contribution in [0.15, 0.2) is 18.2 Å². The lowest BCUT2D eigenvalue weighted by Crippen LogP contribution is -2.66. The number of anilines is 1. The fourth-order valence-corrected chi connectivity index (χ4v) is 2.62. The molecule has 21 heavy (non-hydrogen) atoms. The number of hydrogen-bond donors (Lipinski definition) is 1. The molecular formula is C14H10FN3O3. The molecule has 0 aromatic heterocycles. The van der Waals surface area contributed by atoms with Gasteiger partial charge in [0.2, 0.25) is 5.91 Å². The maximum Gasteiger partial charge on any atom is 0.335 e. The molecule has 2 fully saturated rings. The summed E-state index contributed by atoms with van der Waals surface area (Å²) in [6.07, 6.45) is 1.40. The van der Waals surface area contributed by atoms with Gasteiger partial charge in [0.1, 0.15) is 11.2 Å². The van der Waals surface area contributed by atoms with Crippen molar-refractivity contribution in [1.82, 2.24) is 5.32 Å². The third-order valence-electron chi connectivity index (χ3n) is 4.00. The van der Waals surface area contributed by atoms with Crippen molar-refractivity contribution in [3.8, 4) is 6.07 Å². The van der Waals surface area contributed by atoms with Crippen LogP contribution < -0.4 is 10.2 Å². The molecule has 4 amide bonds. The highest BCUT2D eigenvalue weighted by atomic mass is 19.1. The Morgan fingerprint density at radius 2 is 2.00 bits per heavy atom. The predicted molar refractivity (Wildman–Crippen MR) is 68.4 cm³/mol. The number of urea groups is 1. The normalized spacial score (nSPS) is 20.0. The van der Waals surface area contributed by atoms with Crippen molar-refractivity contribution < 1.29 is 18.8 Å². The van der Waals surface area contributed by atoms with Crippen molar-refractivity contribution in [3.63, 3.8) is 0 Å². The van der Waals surface area contributed by atoms with Gasteiger partial charge in [-0.1, -0.05) is 6.42 Å². The molecule has 1 aliphatic carbocycles. The van der Waals surface area contributed by atoms with E-state index in [1.165, 1.54) is 12.1 Å². The zero-order chi connectivity index (χ0) is 15.2. The van der Waals surface area contributed by atoms with E-state index in [0.717, 1.165) is 6.07 Å². The molecule has 0 atom stereocenters. The molecule has 2 aliphatic rings. The Morgan fingerprint density at radius 1 is 1.29 bits per heavy atom. The number of hydrogen-bond acceptors (Lipinski definition) is 4. The Hall–Kier alpha value is -2.75.